The predicted molar refractivity (Wildman–Crippen MR) is 71.4 cm³/mol. The van der Waals surface area contributed by atoms with Crippen LogP contribution in [-0.2, 0) is 11.3 Å². The summed E-state index contributed by atoms with van der Waals surface area (Å²) in [5.41, 5.74) is 1.59. The molecule has 100 valence electrons. The van der Waals surface area contributed by atoms with E-state index in [1.807, 2.05) is 31.1 Å². The molecule has 2 aromatic rings. The van der Waals surface area contributed by atoms with Gasteiger partial charge in [-0.2, -0.15) is 4.98 Å². The molecular weight excluding hydrogens is 244 g/mol. The molecule has 1 amide bonds. The van der Waals surface area contributed by atoms with E-state index >= 15 is 0 Å². The molecule has 0 bridgehead atoms. The van der Waals surface area contributed by atoms with Gasteiger partial charge in [0.05, 0.1) is 6.54 Å². The maximum absolute atomic E-state index is 10.9. The Morgan fingerprint density at radius 3 is 2.58 bits per heavy atom. The van der Waals surface area contributed by atoms with Crippen molar-refractivity contribution in [3.8, 4) is 11.4 Å². The van der Waals surface area contributed by atoms with Crippen LogP contribution in [0.5, 0.6) is 0 Å². The Balaban J connectivity index is 2.13. The minimum atomic E-state index is -0.0967. The predicted octanol–water partition coefficient (Wildman–Crippen LogP) is 1.76. The third-order valence-electron chi connectivity index (χ3n) is 2.38. The average molecular weight is 260 g/mol. The molecule has 1 aromatic heterocycles. The van der Waals surface area contributed by atoms with Gasteiger partial charge in [0.1, 0.15) is 0 Å². The molecule has 0 saturated heterocycles. The average Bonchev–Trinajstić information content (AvgIpc) is 2.76. The molecule has 0 fully saturated rings. The summed E-state index contributed by atoms with van der Waals surface area (Å²) >= 11 is 0. The molecule has 0 spiro atoms. The van der Waals surface area contributed by atoms with Crippen LogP contribution in [0.1, 0.15) is 12.8 Å². The maximum Gasteiger partial charge on any atom is 0.241 e. The van der Waals surface area contributed by atoms with Crippen LogP contribution >= 0.6 is 0 Å². The second-order valence-electron chi connectivity index (χ2n) is 4.51. The highest BCUT2D eigenvalue weighted by molar-refractivity contribution is 5.88. The Kier molecular flexibility index (Phi) is 3.91. The van der Waals surface area contributed by atoms with Crippen LogP contribution in [0.3, 0.4) is 0 Å². The minimum absolute atomic E-state index is 0.0967. The monoisotopic (exact) mass is 260 g/mol. The lowest BCUT2D eigenvalue weighted by atomic mass is 10.2. The fourth-order valence-corrected chi connectivity index (χ4v) is 1.61. The smallest absolute Gasteiger partial charge is 0.241 e. The molecule has 6 heteroatoms. The van der Waals surface area contributed by atoms with E-state index in [2.05, 4.69) is 15.5 Å². The molecule has 0 aliphatic heterocycles. The Labute approximate surface area is 111 Å². The van der Waals surface area contributed by atoms with E-state index in [-0.39, 0.29) is 5.91 Å². The van der Waals surface area contributed by atoms with Crippen LogP contribution in [0, 0.1) is 0 Å². The first-order valence-electron chi connectivity index (χ1n) is 5.90. The summed E-state index contributed by atoms with van der Waals surface area (Å²) in [4.78, 5) is 17.2. The lowest BCUT2D eigenvalue weighted by Gasteiger charge is -2.03. The van der Waals surface area contributed by atoms with E-state index < -0.39 is 0 Å². The SMILES string of the molecule is CC(=O)Nc1ccc(-c2noc(CN(C)C)n2)cc1. The van der Waals surface area contributed by atoms with Gasteiger partial charge in [0.15, 0.2) is 0 Å². The number of aromatic nitrogens is 2. The fraction of sp³-hybridized carbons (Fsp3) is 0.308. The van der Waals surface area contributed by atoms with Crippen molar-refractivity contribution in [2.75, 3.05) is 19.4 Å². The normalized spacial score (nSPS) is 10.7. The van der Waals surface area contributed by atoms with Gasteiger partial charge in [0.25, 0.3) is 0 Å². The summed E-state index contributed by atoms with van der Waals surface area (Å²) in [6.45, 7) is 2.08. The van der Waals surface area contributed by atoms with E-state index in [1.165, 1.54) is 6.92 Å². The lowest BCUT2D eigenvalue weighted by Crippen LogP contribution is -2.10. The summed E-state index contributed by atoms with van der Waals surface area (Å²) < 4.78 is 5.15. The summed E-state index contributed by atoms with van der Waals surface area (Å²) in [5, 5.41) is 6.63. The van der Waals surface area contributed by atoms with Crippen molar-refractivity contribution in [2.45, 2.75) is 13.5 Å². The van der Waals surface area contributed by atoms with E-state index in [1.54, 1.807) is 12.1 Å². The number of hydrogen-bond donors (Lipinski definition) is 1. The van der Waals surface area contributed by atoms with Crippen LogP contribution in [0.25, 0.3) is 11.4 Å². The van der Waals surface area contributed by atoms with Crippen LogP contribution in [0.2, 0.25) is 0 Å². The zero-order valence-electron chi connectivity index (χ0n) is 11.2. The third-order valence-corrected chi connectivity index (χ3v) is 2.38. The summed E-state index contributed by atoms with van der Waals surface area (Å²) in [5.74, 6) is 1.03. The second kappa shape index (κ2) is 5.62. The van der Waals surface area contributed by atoms with Crippen LogP contribution < -0.4 is 5.32 Å². The number of amides is 1. The molecule has 1 aromatic carbocycles. The number of carbonyl (C=O) groups excluding carboxylic acids is 1. The third kappa shape index (κ3) is 3.62. The van der Waals surface area contributed by atoms with Gasteiger partial charge in [-0.05, 0) is 38.4 Å². The fourth-order valence-electron chi connectivity index (χ4n) is 1.61. The number of nitrogens with one attached hydrogen (secondary N) is 1. The number of nitrogens with zero attached hydrogens (tertiary/aromatic N) is 3. The Morgan fingerprint density at radius 1 is 1.32 bits per heavy atom. The Morgan fingerprint density at radius 2 is 2.00 bits per heavy atom. The van der Waals surface area contributed by atoms with Gasteiger partial charge < -0.3 is 14.7 Å². The van der Waals surface area contributed by atoms with E-state index in [9.17, 15) is 4.79 Å². The minimum Gasteiger partial charge on any atom is -0.338 e. The molecule has 1 heterocycles. The number of anilines is 1. The van der Waals surface area contributed by atoms with Gasteiger partial charge in [-0.1, -0.05) is 5.16 Å². The van der Waals surface area contributed by atoms with Crippen molar-refractivity contribution < 1.29 is 9.32 Å². The molecule has 0 saturated carbocycles. The van der Waals surface area contributed by atoms with Crippen molar-refractivity contribution in [1.29, 1.82) is 0 Å². The molecule has 6 nitrogen and oxygen atoms in total. The first kappa shape index (κ1) is 13.2. The van der Waals surface area contributed by atoms with Gasteiger partial charge in [0, 0.05) is 18.2 Å². The number of rotatable bonds is 4. The highest BCUT2D eigenvalue weighted by Gasteiger charge is 2.09. The first-order chi connectivity index (χ1) is 9.04. The Bertz CT molecular complexity index is 560. The zero-order valence-corrected chi connectivity index (χ0v) is 11.2. The van der Waals surface area contributed by atoms with Crippen LogP contribution in [0.15, 0.2) is 28.8 Å². The standard InChI is InChI=1S/C13H16N4O2/c1-9(18)14-11-6-4-10(5-7-11)13-15-12(19-16-13)8-17(2)3/h4-7H,8H2,1-3H3,(H,14,18). The van der Waals surface area contributed by atoms with Crippen molar-refractivity contribution in [1.82, 2.24) is 15.0 Å². The van der Waals surface area contributed by atoms with Crippen molar-refractivity contribution in [2.24, 2.45) is 0 Å². The molecule has 1 N–H and O–H groups in total. The number of carbonyl (C=O) groups is 1. The highest BCUT2D eigenvalue weighted by atomic mass is 16.5. The summed E-state index contributed by atoms with van der Waals surface area (Å²) in [6, 6.07) is 7.29. The lowest BCUT2D eigenvalue weighted by molar-refractivity contribution is -0.114. The molecule has 0 radical (unpaired) electrons. The first-order valence-corrected chi connectivity index (χ1v) is 5.90. The van der Waals surface area contributed by atoms with Gasteiger partial charge in [-0.3, -0.25) is 4.79 Å². The molecule has 0 unspecified atom stereocenters. The van der Waals surface area contributed by atoms with Crippen molar-refractivity contribution in [3.63, 3.8) is 0 Å². The highest BCUT2D eigenvalue weighted by Crippen LogP contribution is 2.18. The van der Waals surface area contributed by atoms with E-state index in [0.29, 0.717) is 18.3 Å². The molecular formula is C13H16N4O2. The van der Waals surface area contributed by atoms with Crippen LogP contribution in [0.4, 0.5) is 5.69 Å². The molecule has 2 rings (SSSR count). The second-order valence-corrected chi connectivity index (χ2v) is 4.51. The molecule has 19 heavy (non-hydrogen) atoms. The maximum atomic E-state index is 10.9. The number of hydrogen-bond acceptors (Lipinski definition) is 5. The van der Waals surface area contributed by atoms with Crippen LogP contribution in [-0.4, -0.2) is 35.0 Å². The van der Waals surface area contributed by atoms with Gasteiger partial charge in [0.2, 0.25) is 17.6 Å². The van der Waals surface area contributed by atoms with Gasteiger partial charge in [-0.25, -0.2) is 0 Å². The zero-order chi connectivity index (χ0) is 13.8. The van der Waals surface area contributed by atoms with Gasteiger partial charge in [-0.15, -0.1) is 0 Å². The summed E-state index contributed by atoms with van der Waals surface area (Å²) in [7, 11) is 3.87. The van der Waals surface area contributed by atoms with Gasteiger partial charge >= 0.3 is 0 Å². The molecule has 0 aliphatic rings. The van der Waals surface area contributed by atoms with E-state index in [0.717, 1.165) is 11.3 Å². The Hall–Kier alpha value is -2.21. The number of benzene rings is 1. The summed E-state index contributed by atoms with van der Waals surface area (Å²) in [6.07, 6.45) is 0. The quantitative estimate of drug-likeness (QED) is 0.906. The van der Waals surface area contributed by atoms with Crippen molar-refractivity contribution in [3.05, 3.63) is 30.2 Å². The van der Waals surface area contributed by atoms with Crippen molar-refractivity contribution >= 4 is 11.6 Å². The largest absolute Gasteiger partial charge is 0.338 e. The topological polar surface area (TPSA) is 71.3 Å². The molecule has 0 atom stereocenters. The van der Waals surface area contributed by atoms with E-state index in [4.69, 9.17) is 4.52 Å². The molecule has 0 aliphatic carbocycles.